The SMILES string of the molecule is CC(=C/N=[N+]=[N-])/C(C)=C/N=[N+]=[N-]. The molecule has 0 N–H and O–H groups in total. The van der Waals surface area contributed by atoms with Crippen LogP contribution in [0.4, 0.5) is 0 Å². The minimum absolute atomic E-state index is 0.764. The van der Waals surface area contributed by atoms with Crippen LogP contribution in [0, 0.1) is 0 Å². The van der Waals surface area contributed by atoms with Crippen molar-refractivity contribution in [3.8, 4) is 0 Å². The third-order valence-corrected chi connectivity index (χ3v) is 1.23. The fourth-order valence-electron chi connectivity index (χ4n) is 0.428. The van der Waals surface area contributed by atoms with E-state index in [1.54, 1.807) is 13.8 Å². The minimum atomic E-state index is 0.764. The number of hydrogen-bond donors (Lipinski definition) is 0. The van der Waals surface area contributed by atoms with Gasteiger partial charge in [0.2, 0.25) is 0 Å². The number of nitrogens with zero attached hydrogens (tertiary/aromatic N) is 6. The van der Waals surface area contributed by atoms with E-state index in [0.717, 1.165) is 11.1 Å². The first kappa shape index (κ1) is 10.1. The summed E-state index contributed by atoms with van der Waals surface area (Å²) in [4.78, 5) is 5.11. The van der Waals surface area contributed by atoms with Gasteiger partial charge in [0.1, 0.15) is 0 Å². The molecule has 0 aliphatic heterocycles. The molecule has 6 nitrogen and oxygen atoms in total. The normalized spacial score (nSPS) is 11.5. The molecule has 0 radical (unpaired) electrons. The van der Waals surface area contributed by atoms with Crippen LogP contribution in [0.5, 0.6) is 0 Å². The Morgan fingerprint density at radius 3 is 1.58 bits per heavy atom. The molecular formula is C6H8N6. The Morgan fingerprint density at radius 1 is 1.00 bits per heavy atom. The molecule has 0 saturated carbocycles. The van der Waals surface area contributed by atoms with E-state index in [2.05, 4.69) is 20.1 Å². The first-order valence-corrected chi connectivity index (χ1v) is 3.14. The van der Waals surface area contributed by atoms with E-state index in [-0.39, 0.29) is 0 Å². The third kappa shape index (κ3) is 4.00. The average Bonchev–Trinajstić information content (AvgIpc) is 2.10. The van der Waals surface area contributed by atoms with E-state index in [1.165, 1.54) is 12.4 Å². The quantitative estimate of drug-likeness (QED) is 0.264. The van der Waals surface area contributed by atoms with Gasteiger partial charge in [0, 0.05) is 22.2 Å². The largest absolute Gasteiger partial charge is 0.0683 e. The summed E-state index contributed by atoms with van der Waals surface area (Å²) < 4.78 is 0. The number of hydrogen-bond acceptors (Lipinski definition) is 2. The van der Waals surface area contributed by atoms with E-state index >= 15 is 0 Å². The maximum absolute atomic E-state index is 7.99. The molecule has 0 heterocycles. The van der Waals surface area contributed by atoms with Gasteiger partial charge in [-0.3, -0.25) is 0 Å². The lowest BCUT2D eigenvalue weighted by Gasteiger charge is -1.95. The molecule has 0 rings (SSSR count). The Labute approximate surface area is 69.5 Å². The Kier molecular flexibility index (Phi) is 4.93. The van der Waals surface area contributed by atoms with Crippen molar-refractivity contribution in [2.75, 3.05) is 0 Å². The fraction of sp³-hybridized carbons (Fsp3) is 0.333. The Morgan fingerprint density at radius 2 is 1.33 bits per heavy atom. The van der Waals surface area contributed by atoms with Gasteiger partial charge in [0.15, 0.2) is 0 Å². The van der Waals surface area contributed by atoms with Crippen LogP contribution in [0.2, 0.25) is 0 Å². The smallest absolute Gasteiger partial charge is 0.00476 e. The van der Waals surface area contributed by atoms with Gasteiger partial charge in [-0.25, -0.2) is 0 Å². The maximum atomic E-state index is 7.99. The zero-order valence-corrected chi connectivity index (χ0v) is 6.84. The Hall–Kier alpha value is -1.90. The van der Waals surface area contributed by atoms with Gasteiger partial charge in [-0.2, -0.15) is 0 Å². The summed E-state index contributed by atoms with van der Waals surface area (Å²) in [5, 5.41) is 6.49. The lowest BCUT2D eigenvalue weighted by Crippen LogP contribution is -1.75. The first-order chi connectivity index (χ1) is 5.72. The summed E-state index contributed by atoms with van der Waals surface area (Å²) in [6.07, 6.45) is 2.72. The van der Waals surface area contributed by atoms with Gasteiger partial charge in [-0.1, -0.05) is 10.2 Å². The molecule has 0 aliphatic rings. The minimum Gasteiger partial charge on any atom is -0.0683 e. The molecule has 0 amide bonds. The van der Waals surface area contributed by atoms with Crippen molar-refractivity contribution < 1.29 is 0 Å². The standard InChI is InChI=1S/C6H8N6/c1-5(3-9-11-7)6(2)4-10-12-8/h3-4H,1-2H3/b5-3-,6-4+. The van der Waals surface area contributed by atoms with Crippen molar-refractivity contribution >= 4 is 0 Å². The van der Waals surface area contributed by atoms with Gasteiger partial charge < -0.3 is 0 Å². The van der Waals surface area contributed by atoms with Gasteiger partial charge in [-0.05, 0) is 36.1 Å². The van der Waals surface area contributed by atoms with Crippen LogP contribution in [0.15, 0.2) is 33.8 Å². The van der Waals surface area contributed by atoms with Crippen LogP contribution < -0.4 is 0 Å². The molecule has 0 aromatic carbocycles. The van der Waals surface area contributed by atoms with Gasteiger partial charge in [0.05, 0.1) is 0 Å². The molecule has 0 bridgehead atoms. The predicted octanol–water partition coefficient (Wildman–Crippen LogP) is 3.41. The van der Waals surface area contributed by atoms with Crippen LogP contribution in [-0.2, 0) is 0 Å². The van der Waals surface area contributed by atoms with Crippen LogP contribution in [0.3, 0.4) is 0 Å². The molecule has 0 aromatic rings. The Bertz CT molecular complexity index is 268. The van der Waals surface area contributed by atoms with E-state index < -0.39 is 0 Å². The number of azide groups is 2. The van der Waals surface area contributed by atoms with Gasteiger partial charge in [0.25, 0.3) is 0 Å². The molecule has 0 aromatic heterocycles. The summed E-state index contributed by atoms with van der Waals surface area (Å²) in [5.41, 5.74) is 17.5. The molecule has 6 heteroatoms. The molecule has 0 fully saturated rings. The zero-order valence-electron chi connectivity index (χ0n) is 6.84. The number of rotatable bonds is 3. The second kappa shape index (κ2) is 5.85. The van der Waals surface area contributed by atoms with E-state index in [9.17, 15) is 0 Å². The highest BCUT2D eigenvalue weighted by Gasteiger charge is 1.88. The van der Waals surface area contributed by atoms with Crippen molar-refractivity contribution in [1.29, 1.82) is 0 Å². The maximum Gasteiger partial charge on any atom is 0.00476 e. The van der Waals surface area contributed by atoms with E-state index in [1.807, 2.05) is 0 Å². The molecular weight excluding hydrogens is 156 g/mol. The summed E-state index contributed by atoms with van der Waals surface area (Å²) in [5.74, 6) is 0. The van der Waals surface area contributed by atoms with Crippen LogP contribution in [-0.4, -0.2) is 0 Å². The molecule has 0 saturated heterocycles. The van der Waals surface area contributed by atoms with Crippen LogP contribution >= 0.6 is 0 Å². The van der Waals surface area contributed by atoms with Crippen LogP contribution in [0.1, 0.15) is 13.8 Å². The topological polar surface area (TPSA) is 97.5 Å². The van der Waals surface area contributed by atoms with E-state index in [4.69, 9.17) is 11.1 Å². The first-order valence-electron chi connectivity index (χ1n) is 3.14. The molecule has 0 unspecified atom stereocenters. The van der Waals surface area contributed by atoms with Crippen molar-refractivity contribution in [3.63, 3.8) is 0 Å². The summed E-state index contributed by atoms with van der Waals surface area (Å²) >= 11 is 0. The summed E-state index contributed by atoms with van der Waals surface area (Å²) in [7, 11) is 0. The second-order valence-corrected chi connectivity index (χ2v) is 2.03. The third-order valence-electron chi connectivity index (χ3n) is 1.23. The molecule has 0 aliphatic carbocycles. The summed E-state index contributed by atoms with van der Waals surface area (Å²) in [6, 6.07) is 0. The highest BCUT2D eigenvalue weighted by molar-refractivity contribution is 5.25. The zero-order chi connectivity index (χ0) is 9.40. The number of allylic oxidation sites excluding steroid dienone is 2. The van der Waals surface area contributed by atoms with Gasteiger partial charge in [-0.15, -0.1) is 0 Å². The predicted molar refractivity (Wildman–Crippen MR) is 45.8 cm³/mol. The summed E-state index contributed by atoms with van der Waals surface area (Å²) in [6.45, 7) is 3.51. The fourth-order valence-corrected chi connectivity index (χ4v) is 0.428. The molecule has 0 atom stereocenters. The van der Waals surface area contributed by atoms with E-state index in [0.29, 0.717) is 0 Å². The molecule has 0 spiro atoms. The highest BCUT2D eigenvalue weighted by Crippen LogP contribution is 2.07. The lowest BCUT2D eigenvalue weighted by molar-refractivity contribution is 1.26. The average molecular weight is 164 g/mol. The monoisotopic (exact) mass is 164 g/mol. The Balaban J connectivity index is 4.57. The lowest BCUT2D eigenvalue weighted by atomic mass is 10.2. The molecule has 62 valence electrons. The van der Waals surface area contributed by atoms with Crippen LogP contribution in [0.25, 0.3) is 20.9 Å². The second-order valence-electron chi connectivity index (χ2n) is 2.03. The highest BCUT2D eigenvalue weighted by atomic mass is 15.1. The van der Waals surface area contributed by atoms with Crippen molar-refractivity contribution in [2.45, 2.75) is 13.8 Å². The van der Waals surface area contributed by atoms with Crippen molar-refractivity contribution in [1.82, 2.24) is 0 Å². The van der Waals surface area contributed by atoms with Gasteiger partial charge >= 0.3 is 0 Å². The van der Waals surface area contributed by atoms with Crippen molar-refractivity contribution in [3.05, 3.63) is 44.4 Å². The van der Waals surface area contributed by atoms with Crippen molar-refractivity contribution in [2.24, 2.45) is 10.2 Å². The molecule has 12 heavy (non-hydrogen) atoms.